The van der Waals surface area contributed by atoms with Gasteiger partial charge in [-0.2, -0.15) is 0 Å². The molecule has 0 bridgehead atoms. The third kappa shape index (κ3) is 5.38. The van der Waals surface area contributed by atoms with Gasteiger partial charge in [0, 0.05) is 28.6 Å². The number of rotatable bonds is 8. The first-order valence-corrected chi connectivity index (χ1v) is 11.1. The van der Waals surface area contributed by atoms with Crippen LogP contribution in [0.15, 0.2) is 71.3 Å². The van der Waals surface area contributed by atoms with Gasteiger partial charge in [0.25, 0.3) is 5.91 Å². The second kappa shape index (κ2) is 10.2. The van der Waals surface area contributed by atoms with Gasteiger partial charge in [-0.05, 0) is 50.1 Å². The van der Waals surface area contributed by atoms with Gasteiger partial charge in [-0.15, -0.1) is 0 Å². The van der Waals surface area contributed by atoms with Gasteiger partial charge >= 0.3 is 5.97 Å². The molecule has 0 radical (unpaired) electrons. The van der Waals surface area contributed by atoms with Gasteiger partial charge in [-0.1, -0.05) is 47.6 Å². The lowest BCUT2D eigenvalue weighted by Gasteiger charge is -2.08. The number of hydrogen-bond donors (Lipinski definition) is 1. The molecule has 0 spiro atoms. The number of ketones is 1. The predicted octanol–water partition coefficient (Wildman–Crippen LogP) is 4.21. The Bertz CT molecular complexity index is 1370. The van der Waals surface area contributed by atoms with E-state index in [-0.39, 0.29) is 12.3 Å². The van der Waals surface area contributed by atoms with Crippen molar-refractivity contribution in [3.63, 3.8) is 0 Å². The second-order valence-electron chi connectivity index (χ2n) is 8.13. The van der Waals surface area contributed by atoms with Crippen molar-refractivity contribution in [3.8, 4) is 16.9 Å². The molecular weight excluding hydrogens is 446 g/mol. The summed E-state index contributed by atoms with van der Waals surface area (Å²) in [6.07, 6.45) is 0. The molecule has 0 aliphatic carbocycles. The fraction of sp³-hybridized carbons (Fsp3) is 0.185. The number of nitrogens with zero attached hydrogens (tertiary/aromatic N) is 2. The SMILES string of the molecule is Cc1cc(-n2c(C)cc(C(=O)COC(=O)CNC(=O)c3ccc(-c4ccccc4)cc3)c2C)no1. The summed E-state index contributed by atoms with van der Waals surface area (Å²) in [6.45, 7) is 4.65. The number of carbonyl (C=O) groups excluding carboxylic acids is 3. The van der Waals surface area contributed by atoms with Crippen molar-refractivity contribution in [1.29, 1.82) is 0 Å². The maximum absolute atomic E-state index is 12.7. The molecule has 0 saturated carbocycles. The minimum Gasteiger partial charge on any atom is -0.456 e. The van der Waals surface area contributed by atoms with E-state index in [0.29, 0.717) is 28.4 Å². The van der Waals surface area contributed by atoms with Crippen molar-refractivity contribution in [3.05, 3.63) is 95.0 Å². The van der Waals surface area contributed by atoms with Crippen LogP contribution in [0.5, 0.6) is 0 Å². The van der Waals surface area contributed by atoms with Crippen molar-refractivity contribution in [1.82, 2.24) is 15.0 Å². The number of Topliss-reactive ketones (excluding diaryl/α,β-unsaturated/α-hetero) is 1. The van der Waals surface area contributed by atoms with Crippen LogP contribution in [0.2, 0.25) is 0 Å². The van der Waals surface area contributed by atoms with E-state index in [1.165, 1.54) is 0 Å². The topological polar surface area (TPSA) is 103 Å². The van der Waals surface area contributed by atoms with Crippen LogP contribution in [0.3, 0.4) is 0 Å². The van der Waals surface area contributed by atoms with Gasteiger partial charge in [0.05, 0.1) is 0 Å². The summed E-state index contributed by atoms with van der Waals surface area (Å²) in [5.41, 5.74) is 4.35. The number of carbonyl (C=O) groups is 3. The summed E-state index contributed by atoms with van der Waals surface area (Å²) < 4.78 is 12.0. The van der Waals surface area contributed by atoms with Gasteiger partial charge in [-0.3, -0.25) is 19.0 Å². The third-order valence-electron chi connectivity index (χ3n) is 5.59. The average molecular weight is 472 g/mol. The molecule has 0 aliphatic heterocycles. The number of amides is 1. The monoisotopic (exact) mass is 471 g/mol. The standard InChI is InChI=1S/C27H25N3O5/c1-17-13-23(19(3)30(17)25-14-18(2)35-29-25)24(31)16-34-26(32)15-28-27(33)22-11-9-21(10-12-22)20-7-5-4-6-8-20/h4-14H,15-16H2,1-3H3,(H,28,33). The molecule has 1 N–H and O–H groups in total. The van der Waals surface area contributed by atoms with Crippen molar-refractivity contribution >= 4 is 17.7 Å². The first-order chi connectivity index (χ1) is 16.8. The van der Waals surface area contributed by atoms with E-state index in [9.17, 15) is 14.4 Å². The molecule has 35 heavy (non-hydrogen) atoms. The molecule has 8 heteroatoms. The Morgan fingerprint density at radius 1 is 0.943 bits per heavy atom. The van der Waals surface area contributed by atoms with Crippen molar-refractivity contribution < 1.29 is 23.6 Å². The Balaban J connectivity index is 1.29. The van der Waals surface area contributed by atoms with E-state index in [0.717, 1.165) is 16.8 Å². The smallest absolute Gasteiger partial charge is 0.325 e. The number of ether oxygens (including phenoxy) is 1. The number of benzene rings is 2. The molecule has 8 nitrogen and oxygen atoms in total. The molecule has 0 fully saturated rings. The molecule has 2 aromatic heterocycles. The molecule has 0 saturated heterocycles. The zero-order valence-corrected chi connectivity index (χ0v) is 19.7. The minimum atomic E-state index is -0.700. The maximum atomic E-state index is 12.7. The maximum Gasteiger partial charge on any atom is 0.325 e. The van der Waals surface area contributed by atoms with Crippen LogP contribution in [-0.2, 0) is 9.53 Å². The third-order valence-corrected chi connectivity index (χ3v) is 5.59. The van der Waals surface area contributed by atoms with E-state index >= 15 is 0 Å². The van der Waals surface area contributed by atoms with E-state index in [1.54, 1.807) is 42.7 Å². The molecule has 178 valence electrons. The number of aromatic nitrogens is 2. The van der Waals surface area contributed by atoms with Crippen LogP contribution in [0, 0.1) is 20.8 Å². The predicted molar refractivity (Wildman–Crippen MR) is 130 cm³/mol. The Labute approximate surface area is 202 Å². The van der Waals surface area contributed by atoms with E-state index < -0.39 is 18.5 Å². The summed E-state index contributed by atoms with van der Waals surface area (Å²) in [5.74, 6) is -0.217. The molecule has 2 heterocycles. The Hall–Kier alpha value is -4.46. The van der Waals surface area contributed by atoms with E-state index in [2.05, 4.69) is 10.5 Å². The van der Waals surface area contributed by atoms with Gasteiger partial charge in [0.15, 0.2) is 12.4 Å². The molecular formula is C27H25N3O5. The molecule has 1 amide bonds. The number of aryl methyl sites for hydroxylation is 2. The Morgan fingerprint density at radius 3 is 2.29 bits per heavy atom. The van der Waals surface area contributed by atoms with Crippen LogP contribution in [0.25, 0.3) is 16.9 Å². The summed E-state index contributed by atoms with van der Waals surface area (Å²) in [6, 6.07) is 20.4. The van der Waals surface area contributed by atoms with Gasteiger partial charge in [0.2, 0.25) is 5.78 Å². The zero-order chi connectivity index (χ0) is 24.9. The van der Waals surface area contributed by atoms with E-state index in [4.69, 9.17) is 9.26 Å². The number of esters is 1. The van der Waals surface area contributed by atoms with Crippen molar-refractivity contribution in [2.45, 2.75) is 20.8 Å². The van der Waals surface area contributed by atoms with Gasteiger partial charge in [-0.25, -0.2) is 0 Å². The van der Waals surface area contributed by atoms with Crippen molar-refractivity contribution in [2.24, 2.45) is 0 Å². The highest BCUT2D eigenvalue weighted by molar-refractivity contribution is 6.00. The Morgan fingerprint density at radius 2 is 1.63 bits per heavy atom. The highest BCUT2D eigenvalue weighted by Crippen LogP contribution is 2.21. The average Bonchev–Trinajstić information content (AvgIpc) is 3.43. The van der Waals surface area contributed by atoms with Crippen LogP contribution in [0.4, 0.5) is 0 Å². The molecule has 0 atom stereocenters. The molecule has 4 aromatic rings. The highest BCUT2D eigenvalue weighted by Gasteiger charge is 2.20. The molecule has 4 rings (SSSR count). The lowest BCUT2D eigenvalue weighted by atomic mass is 10.0. The number of nitrogens with one attached hydrogen (secondary N) is 1. The van der Waals surface area contributed by atoms with Crippen LogP contribution >= 0.6 is 0 Å². The second-order valence-corrected chi connectivity index (χ2v) is 8.13. The lowest BCUT2D eigenvalue weighted by molar-refractivity contribution is -0.141. The molecule has 2 aromatic carbocycles. The van der Waals surface area contributed by atoms with Crippen LogP contribution in [-0.4, -0.2) is 40.5 Å². The summed E-state index contributed by atoms with van der Waals surface area (Å²) >= 11 is 0. The molecule has 0 aliphatic rings. The van der Waals surface area contributed by atoms with Crippen LogP contribution in [0.1, 0.15) is 37.9 Å². The van der Waals surface area contributed by atoms with Gasteiger partial charge in [0.1, 0.15) is 12.3 Å². The quantitative estimate of drug-likeness (QED) is 0.305. The normalized spacial score (nSPS) is 10.7. The minimum absolute atomic E-state index is 0.343. The summed E-state index contributed by atoms with van der Waals surface area (Å²) in [7, 11) is 0. The van der Waals surface area contributed by atoms with Crippen LogP contribution < -0.4 is 5.32 Å². The van der Waals surface area contributed by atoms with Crippen molar-refractivity contribution in [2.75, 3.05) is 13.2 Å². The first-order valence-electron chi connectivity index (χ1n) is 11.1. The summed E-state index contributed by atoms with van der Waals surface area (Å²) in [4.78, 5) is 37.2. The van der Waals surface area contributed by atoms with E-state index in [1.807, 2.05) is 49.4 Å². The number of hydrogen-bond acceptors (Lipinski definition) is 6. The Kier molecular flexibility index (Phi) is 6.91. The lowest BCUT2D eigenvalue weighted by Crippen LogP contribution is -2.31. The molecule has 0 unspecified atom stereocenters. The van der Waals surface area contributed by atoms with Gasteiger partial charge < -0.3 is 14.6 Å². The summed E-state index contributed by atoms with van der Waals surface area (Å²) in [5, 5.41) is 6.51. The fourth-order valence-electron chi connectivity index (χ4n) is 3.83. The zero-order valence-electron chi connectivity index (χ0n) is 19.7. The first kappa shape index (κ1) is 23.7. The highest BCUT2D eigenvalue weighted by atomic mass is 16.5. The fourth-order valence-corrected chi connectivity index (χ4v) is 3.83. The largest absolute Gasteiger partial charge is 0.456 e.